The molecule has 4 nitrogen and oxygen atoms in total. The van der Waals surface area contributed by atoms with E-state index in [9.17, 15) is 0 Å². The highest BCUT2D eigenvalue weighted by molar-refractivity contribution is 14.0. The Hall–Kier alpha value is -0.370. The first-order valence-electron chi connectivity index (χ1n) is 6.78. The number of nitrogens with zero attached hydrogens (tertiary/aromatic N) is 3. The number of thiazole rings is 1. The minimum absolute atomic E-state index is 0. The molecule has 0 radical (unpaired) electrons. The Morgan fingerprint density at radius 3 is 2.79 bits per heavy atom. The molecule has 1 aromatic rings. The van der Waals surface area contributed by atoms with E-state index in [1.807, 2.05) is 6.20 Å². The average molecular weight is 394 g/mol. The van der Waals surface area contributed by atoms with E-state index < -0.39 is 0 Å². The van der Waals surface area contributed by atoms with Crippen LogP contribution in [0.1, 0.15) is 36.1 Å². The van der Waals surface area contributed by atoms with Gasteiger partial charge in [-0.05, 0) is 25.7 Å². The fraction of sp³-hybridized carbons (Fsp3) is 0.692. The molecule has 2 heterocycles. The topological polar surface area (TPSA) is 54.5 Å². The first kappa shape index (κ1) is 16.7. The molecule has 0 aliphatic carbocycles. The lowest BCUT2D eigenvalue weighted by atomic mass is 10.1. The van der Waals surface area contributed by atoms with Crippen LogP contribution < -0.4 is 5.73 Å². The Labute approximate surface area is 136 Å². The number of halogens is 1. The highest BCUT2D eigenvalue weighted by Gasteiger charge is 2.11. The number of aliphatic imine (C=N–C) groups is 1. The minimum Gasteiger partial charge on any atom is -0.370 e. The molecule has 0 saturated carbocycles. The van der Waals surface area contributed by atoms with Crippen LogP contribution in [0.4, 0.5) is 0 Å². The molecule has 1 saturated heterocycles. The van der Waals surface area contributed by atoms with E-state index in [1.165, 1.54) is 29.1 Å². The third-order valence-electron chi connectivity index (χ3n) is 3.23. The van der Waals surface area contributed by atoms with Gasteiger partial charge in [-0.1, -0.05) is 6.92 Å². The number of aromatic nitrogens is 1. The molecule has 1 fully saturated rings. The normalized spacial score (nSPS) is 16.3. The summed E-state index contributed by atoms with van der Waals surface area (Å²) in [4.78, 5) is 12.4. The molecule has 1 aliphatic heterocycles. The van der Waals surface area contributed by atoms with Gasteiger partial charge in [-0.15, -0.1) is 35.3 Å². The standard InChI is InChI=1S/C13H22N4S.HI/c1-2-11-10-16-12(18-11)6-7-15-13(14)17-8-4-3-5-9-17;/h10H,2-9H2,1H3,(H2,14,15);1H. The maximum absolute atomic E-state index is 6.00. The van der Waals surface area contributed by atoms with Gasteiger partial charge < -0.3 is 10.6 Å². The molecule has 0 bridgehead atoms. The van der Waals surface area contributed by atoms with Crippen LogP contribution in [0, 0.1) is 0 Å². The molecule has 0 spiro atoms. The van der Waals surface area contributed by atoms with Crippen LogP contribution in [0.2, 0.25) is 0 Å². The average Bonchev–Trinajstić information content (AvgIpc) is 2.87. The van der Waals surface area contributed by atoms with Crippen molar-refractivity contribution in [2.24, 2.45) is 10.7 Å². The van der Waals surface area contributed by atoms with Crippen molar-refractivity contribution in [2.45, 2.75) is 39.0 Å². The van der Waals surface area contributed by atoms with Crippen molar-refractivity contribution < 1.29 is 0 Å². The highest BCUT2D eigenvalue weighted by Crippen LogP contribution is 2.14. The lowest BCUT2D eigenvalue weighted by Crippen LogP contribution is -2.41. The zero-order valence-corrected chi connectivity index (χ0v) is 14.6. The van der Waals surface area contributed by atoms with E-state index >= 15 is 0 Å². The SMILES string of the molecule is CCc1cnc(CCN=C(N)N2CCCCC2)s1.I. The Morgan fingerprint density at radius 1 is 1.42 bits per heavy atom. The lowest BCUT2D eigenvalue weighted by Gasteiger charge is -2.27. The monoisotopic (exact) mass is 394 g/mol. The molecule has 0 aromatic carbocycles. The summed E-state index contributed by atoms with van der Waals surface area (Å²) in [5.74, 6) is 0.710. The van der Waals surface area contributed by atoms with E-state index in [0.29, 0.717) is 5.96 Å². The molecule has 108 valence electrons. The summed E-state index contributed by atoms with van der Waals surface area (Å²) in [6, 6.07) is 0. The van der Waals surface area contributed by atoms with Gasteiger partial charge in [0.2, 0.25) is 0 Å². The zero-order valence-electron chi connectivity index (χ0n) is 11.5. The van der Waals surface area contributed by atoms with Crippen LogP contribution in [-0.4, -0.2) is 35.5 Å². The van der Waals surface area contributed by atoms with Crippen molar-refractivity contribution in [3.63, 3.8) is 0 Å². The van der Waals surface area contributed by atoms with Gasteiger partial charge in [0.25, 0.3) is 0 Å². The third-order valence-corrected chi connectivity index (χ3v) is 4.43. The number of hydrogen-bond donors (Lipinski definition) is 1. The largest absolute Gasteiger partial charge is 0.370 e. The van der Waals surface area contributed by atoms with Crippen molar-refractivity contribution >= 4 is 41.3 Å². The van der Waals surface area contributed by atoms with Gasteiger partial charge in [-0.3, -0.25) is 4.99 Å². The second-order valence-corrected chi connectivity index (χ2v) is 5.81. The molecule has 0 atom stereocenters. The Kier molecular flexibility index (Phi) is 7.67. The van der Waals surface area contributed by atoms with Gasteiger partial charge in [-0.2, -0.15) is 0 Å². The summed E-state index contributed by atoms with van der Waals surface area (Å²) >= 11 is 1.79. The summed E-state index contributed by atoms with van der Waals surface area (Å²) in [5, 5.41) is 1.17. The molecule has 1 aliphatic rings. The van der Waals surface area contributed by atoms with Crippen LogP contribution in [0.25, 0.3) is 0 Å². The molecular weight excluding hydrogens is 371 g/mol. The van der Waals surface area contributed by atoms with E-state index in [-0.39, 0.29) is 24.0 Å². The van der Waals surface area contributed by atoms with Crippen molar-refractivity contribution in [2.75, 3.05) is 19.6 Å². The Morgan fingerprint density at radius 2 is 2.16 bits per heavy atom. The van der Waals surface area contributed by atoms with Crippen LogP contribution in [0.3, 0.4) is 0 Å². The summed E-state index contributed by atoms with van der Waals surface area (Å²) in [6.45, 7) is 5.03. The number of rotatable bonds is 4. The first-order chi connectivity index (χ1) is 8.79. The van der Waals surface area contributed by atoms with Gasteiger partial charge in [-0.25, -0.2) is 4.98 Å². The summed E-state index contributed by atoms with van der Waals surface area (Å²) in [6.07, 6.45) is 7.74. The summed E-state index contributed by atoms with van der Waals surface area (Å²) in [5.41, 5.74) is 6.00. The number of guanidine groups is 1. The van der Waals surface area contributed by atoms with Gasteiger partial charge in [0.1, 0.15) is 0 Å². The predicted molar refractivity (Wildman–Crippen MR) is 92.5 cm³/mol. The van der Waals surface area contributed by atoms with Crippen molar-refractivity contribution in [1.82, 2.24) is 9.88 Å². The second-order valence-electron chi connectivity index (χ2n) is 4.61. The van der Waals surface area contributed by atoms with Crippen LogP contribution in [-0.2, 0) is 12.8 Å². The quantitative estimate of drug-likeness (QED) is 0.485. The van der Waals surface area contributed by atoms with Crippen molar-refractivity contribution in [3.05, 3.63) is 16.1 Å². The van der Waals surface area contributed by atoms with Crippen LogP contribution in [0.15, 0.2) is 11.2 Å². The Bertz CT molecular complexity index is 399. The van der Waals surface area contributed by atoms with Crippen molar-refractivity contribution in [1.29, 1.82) is 0 Å². The first-order valence-corrected chi connectivity index (χ1v) is 7.59. The van der Waals surface area contributed by atoms with Crippen molar-refractivity contribution in [3.8, 4) is 0 Å². The van der Waals surface area contributed by atoms with Crippen LogP contribution >= 0.6 is 35.3 Å². The van der Waals surface area contributed by atoms with E-state index in [1.54, 1.807) is 11.3 Å². The fourth-order valence-corrected chi connectivity index (χ4v) is 2.97. The van der Waals surface area contributed by atoms with Gasteiger partial charge >= 0.3 is 0 Å². The lowest BCUT2D eigenvalue weighted by molar-refractivity contribution is 0.338. The second kappa shape index (κ2) is 8.73. The fourth-order valence-electron chi connectivity index (χ4n) is 2.12. The zero-order chi connectivity index (χ0) is 12.8. The molecular formula is C13H23IN4S. The predicted octanol–water partition coefficient (Wildman–Crippen LogP) is 2.67. The van der Waals surface area contributed by atoms with E-state index in [0.717, 1.165) is 32.5 Å². The van der Waals surface area contributed by atoms with Gasteiger partial charge in [0, 0.05) is 37.1 Å². The molecule has 0 unspecified atom stereocenters. The number of nitrogens with two attached hydrogens (primary N) is 1. The number of hydrogen-bond acceptors (Lipinski definition) is 3. The summed E-state index contributed by atoms with van der Waals surface area (Å²) in [7, 11) is 0. The molecule has 1 aromatic heterocycles. The number of piperidine rings is 1. The third kappa shape index (κ3) is 5.25. The van der Waals surface area contributed by atoms with E-state index in [4.69, 9.17) is 5.73 Å². The maximum Gasteiger partial charge on any atom is 0.191 e. The molecule has 2 N–H and O–H groups in total. The van der Waals surface area contributed by atoms with E-state index in [2.05, 4.69) is 21.8 Å². The number of aryl methyl sites for hydroxylation is 1. The minimum atomic E-state index is 0. The smallest absolute Gasteiger partial charge is 0.191 e. The molecule has 0 amide bonds. The Balaban J connectivity index is 0.00000180. The maximum atomic E-state index is 6.00. The van der Waals surface area contributed by atoms with Crippen LogP contribution in [0.5, 0.6) is 0 Å². The highest BCUT2D eigenvalue weighted by atomic mass is 127. The molecule has 6 heteroatoms. The number of likely N-dealkylation sites (tertiary alicyclic amines) is 1. The molecule has 2 rings (SSSR count). The van der Waals surface area contributed by atoms with Gasteiger partial charge in [0.15, 0.2) is 5.96 Å². The van der Waals surface area contributed by atoms with Gasteiger partial charge in [0.05, 0.1) is 5.01 Å². The summed E-state index contributed by atoms with van der Waals surface area (Å²) < 4.78 is 0. The molecule has 19 heavy (non-hydrogen) atoms.